The number of piperidine rings is 1. The summed E-state index contributed by atoms with van der Waals surface area (Å²) in [4.78, 5) is 26.3. The molecule has 3 aliphatic rings. The summed E-state index contributed by atoms with van der Waals surface area (Å²) in [6.45, 7) is 2.33. The normalized spacial score (nSPS) is 27.6. The number of hydrogen-bond donors (Lipinski definition) is 1. The van der Waals surface area contributed by atoms with Gasteiger partial charge in [0.05, 0.1) is 5.92 Å². The summed E-state index contributed by atoms with van der Waals surface area (Å²) in [6.07, 6.45) is 9.16. The smallest absolute Gasteiger partial charge is 0.225 e. The van der Waals surface area contributed by atoms with Gasteiger partial charge in [-0.05, 0) is 44.4 Å². The van der Waals surface area contributed by atoms with Gasteiger partial charge >= 0.3 is 0 Å². The molecule has 0 aromatic rings. The molecule has 0 unspecified atom stereocenters. The Bertz CT molecular complexity index is 373. The van der Waals surface area contributed by atoms with E-state index in [-0.39, 0.29) is 17.7 Å². The van der Waals surface area contributed by atoms with Crippen LogP contribution in [-0.2, 0) is 9.59 Å². The molecule has 2 saturated carbocycles. The summed E-state index contributed by atoms with van der Waals surface area (Å²) < 4.78 is 0. The second-order valence-corrected chi connectivity index (χ2v) is 6.79. The van der Waals surface area contributed by atoms with E-state index >= 15 is 0 Å². The fraction of sp³-hybridized carbons (Fsp3) is 0.875. The molecule has 1 atom stereocenters. The van der Waals surface area contributed by atoms with Crippen LogP contribution >= 0.6 is 0 Å². The van der Waals surface area contributed by atoms with Crippen LogP contribution in [-0.4, -0.2) is 36.3 Å². The SMILES string of the molecule is O=C(NCC1CCCC1)[C@H]1CCCN(C(=O)C2CC2)C1. The van der Waals surface area contributed by atoms with Crippen molar-refractivity contribution in [3.63, 3.8) is 0 Å². The van der Waals surface area contributed by atoms with E-state index in [4.69, 9.17) is 0 Å². The first-order valence-electron chi connectivity index (χ1n) is 8.30. The third kappa shape index (κ3) is 3.33. The summed E-state index contributed by atoms with van der Waals surface area (Å²) in [5.41, 5.74) is 0. The summed E-state index contributed by atoms with van der Waals surface area (Å²) in [7, 11) is 0. The van der Waals surface area contributed by atoms with E-state index < -0.39 is 0 Å². The molecule has 0 aromatic carbocycles. The average molecular weight is 278 g/mol. The van der Waals surface area contributed by atoms with Gasteiger partial charge in [0.1, 0.15) is 0 Å². The molecule has 3 fully saturated rings. The van der Waals surface area contributed by atoms with Gasteiger partial charge in [0, 0.05) is 25.6 Å². The molecule has 1 heterocycles. The molecule has 0 radical (unpaired) electrons. The number of amides is 2. The Morgan fingerprint density at radius 2 is 1.70 bits per heavy atom. The highest BCUT2D eigenvalue weighted by Crippen LogP contribution is 2.32. The molecule has 1 N–H and O–H groups in total. The van der Waals surface area contributed by atoms with Crippen molar-refractivity contribution in [2.24, 2.45) is 17.8 Å². The van der Waals surface area contributed by atoms with Crippen molar-refractivity contribution in [1.29, 1.82) is 0 Å². The minimum atomic E-state index is 0.0212. The molecule has 0 spiro atoms. The highest BCUT2D eigenvalue weighted by atomic mass is 16.2. The van der Waals surface area contributed by atoms with Gasteiger partial charge in [-0.1, -0.05) is 12.8 Å². The van der Waals surface area contributed by atoms with Crippen molar-refractivity contribution in [3.05, 3.63) is 0 Å². The van der Waals surface area contributed by atoms with Crippen molar-refractivity contribution in [2.45, 2.75) is 51.4 Å². The Hall–Kier alpha value is -1.06. The molecule has 20 heavy (non-hydrogen) atoms. The van der Waals surface area contributed by atoms with Crippen LogP contribution in [0, 0.1) is 17.8 Å². The molecule has 1 saturated heterocycles. The molecule has 0 bridgehead atoms. The number of hydrogen-bond acceptors (Lipinski definition) is 2. The van der Waals surface area contributed by atoms with Crippen molar-refractivity contribution in [2.75, 3.05) is 19.6 Å². The molecule has 112 valence electrons. The maximum Gasteiger partial charge on any atom is 0.225 e. The minimum absolute atomic E-state index is 0.0212. The lowest BCUT2D eigenvalue weighted by Crippen LogP contribution is -2.46. The topological polar surface area (TPSA) is 49.4 Å². The zero-order chi connectivity index (χ0) is 13.9. The van der Waals surface area contributed by atoms with Gasteiger partial charge in [-0.2, -0.15) is 0 Å². The lowest BCUT2D eigenvalue weighted by Gasteiger charge is -2.32. The second kappa shape index (κ2) is 6.15. The lowest BCUT2D eigenvalue weighted by molar-refractivity contribution is -0.136. The Labute approximate surface area is 121 Å². The largest absolute Gasteiger partial charge is 0.356 e. The van der Waals surface area contributed by atoms with Crippen molar-refractivity contribution in [3.8, 4) is 0 Å². The van der Waals surface area contributed by atoms with Gasteiger partial charge in [-0.15, -0.1) is 0 Å². The van der Waals surface area contributed by atoms with E-state index in [0.717, 1.165) is 38.8 Å². The summed E-state index contributed by atoms with van der Waals surface area (Å²) >= 11 is 0. The van der Waals surface area contributed by atoms with Crippen LogP contribution < -0.4 is 5.32 Å². The van der Waals surface area contributed by atoms with Gasteiger partial charge in [0.2, 0.25) is 11.8 Å². The zero-order valence-corrected chi connectivity index (χ0v) is 12.3. The Kier molecular flexibility index (Phi) is 4.27. The fourth-order valence-corrected chi connectivity index (χ4v) is 3.58. The van der Waals surface area contributed by atoms with Crippen molar-refractivity contribution >= 4 is 11.8 Å². The van der Waals surface area contributed by atoms with Crippen molar-refractivity contribution in [1.82, 2.24) is 10.2 Å². The van der Waals surface area contributed by atoms with Crippen LogP contribution in [0.4, 0.5) is 0 Å². The Morgan fingerprint density at radius 1 is 0.950 bits per heavy atom. The molecular formula is C16H26N2O2. The summed E-state index contributed by atoms with van der Waals surface area (Å²) in [6, 6.07) is 0. The monoisotopic (exact) mass is 278 g/mol. The van der Waals surface area contributed by atoms with Gasteiger partial charge in [-0.3, -0.25) is 9.59 Å². The first-order valence-corrected chi connectivity index (χ1v) is 8.30. The Balaban J connectivity index is 1.45. The first-order chi connectivity index (χ1) is 9.74. The van der Waals surface area contributed by atoms with E-state index in [1.165, 1.54) is 25.7 Å². The van der Waals surface area contributed by atoms with Crippen LogP contribution in [0.25, 0.3) is 0 Å². The summed E-state index contributed by atoms with van der Waals surface area (Å²) in [5, 5.41) is 3.12. The van der Waals surface area contributed by atoms with Crippen molar-refractivity contribution < 1.29 is 9.59 Å². The van der Waals surface area contributed by atoms with Crippen LogP contribution in [0.1, 0.15) is 51.4 Å². The third-order valence-corrected chi connectivity index (χ3v) is 5.07. The fourth-order valence-electron chi connectivity index (χ4n) is 3.58. The molecule has 2 amide bonds. The average Bonchev–Trinajstić information content (AvgIpc) is 3.20. The molecule has 1 aliphatic heterocycles. The molecule has 4 heteroatoms. The van der Waals surface area contributed by atoms with Crippen LogP contribution in [0.2, 0.25) is 0 Å². The number of carbonyl (C=O) groups is 2. The standard InChI is InChI=1S/C16H26N2O2/c19-15(17-10-12-4-1-2-5-12)14-6-3-9-18(11-14)16(20)13-7-8-13/h12-14H,1-11H2,(H,17,19)/t14-/m0/s1. The van der Waals surface area contributed by atoms with Gasteiger partial charge < -0.3 is 10.2 Å². The van der Waals surface area contributed by atoms with Gasteiger partial charge in [0.15, 0.2) is 0 Å². The first kappa shape index (κ1) is 13.9. The van der Waals surface area contributed by atoms with E-state index in [1.54, 1.807) is 0 Å². The van der Waals surface area contributed by atoms with Gasteiger partial charge in [0.25, 0.3) is 0 Å². The molecule has 2 aliphatic carbocycles. The van der Waals surface area contributed by atoms with E-state index in [2.05, 4.69) is 5.32 Å². The van der Waals surface area contributed by atoms with Gasteiger partial charge in [-0.25, -0.2) is 0 Å². The number of likely N-dealkylation sites (tertiary alicyclic amines) is 1. The van der Waals surface area contributed by atoms with E-state index in [9.17, 15) is 9.59 Å². The predicted octanol–water partition coefficient (Wildman–Crippen LogP) is 1.94. The van der Waals surface area contributed by atoms with Crippen LogP contribution in [0.5, 0.6) is 0 Å². The minimum Gasteiger partial charge on any atom is -0.356 e. The quantitative estimate of drug-likeness (QED) is 0.854. The predicted molar refractivity (Wildman–Crippen MR) is 77.0 cm³/mol. The molecule has 4 nitrogen and oxygen atoms in total. The maximum atomic E-state index is 12.3. The zero-order valence-electron chi connectivity index (χ0n) is 12.3. The van der Waals surface area contributed by atoms with Crippen LogP contribution in [0.3, 0.4) is 0 Å². The van der Waals surface area contributed by atoms with Crippen LogP contribution in [0.15, 0.2) is 0 Å². The number of nitrogens with one attached hydrogen (secondary N) is 1. The summed E-state index contributed by atoms with van der Waals surface area (Å²) in [5.74, 6) is 1.44. The maximum absolute atomic E-state index is 12.3. The second-order valence-electron chi connectivity index (χ2n) is 6.79. The van der Waals surface area contributed by atoms with E-state index in [1.807, 2.05) is 4.90 Å². The number of carbonyl (C=O) groups excluding carboxylic acids is 2. The highest BCUT2D eigenvalue weighted by molar-refractivity contribution is 5.83. The number of nitrogens with zero attached hydrogens (tertiary/aromatic N) is 1. The Morgan fingerprint density at radius 3 is 2.40 bits per heavy atom. The molecular weight excluding hydrogens is 252 g/mol. The molecule has 0 aromatic heterocycles. The van der Waals surface area contributed by atoms with E-state index in [0.29, 0.717) is 18.4 Å². The molecule has 3 rings (SSSR count). The lowest BCUT2D eigenvalue weighted by atomic mass is 9.96. The number of rotatable bonds is 4. The third-order valence-electron chi connectivity index (χ3n) is 5.07. The highest BCUT2D eigenvalue weighted by Gasteiger charge is 2.36.